The van der Waals surface area contributed by atoms with Crippen LogP contribution in [0.25, 0.3) is 0 Å². The largest absolute Gasteiger partial charge is 0.326 e. The van der Waals surface area contributed by atoms with Crippen molar-refractivity contribution in [2.24, 2.45) is 10.1 Å². The summed E-state index contributed by atoms with van der Waals surface area (Å²) in [6.45, 7) is 1.86. The topological polar surface area (TPSA) is 74.1 Å². The van der Waals surface area contributed by atoms with Crippen LogP contribution in [0.2, 0.25) is 5.02 Å². The summed E-state index contributed by atoms with van der Waals surface area (Å²) in [5.41, 5.74) is 3.64. The molecule has 3 aromatic carbocycles. The highest BCUT2D eigenvalue weighted by Gasteiger charge is 2.39. The van der Waals surface area contributed by atoms with Gasteiger partial charge in [0.05, 0.1) is 11.8 Å². The van der Waals surface area contributed by atoms with Crippen molar-refractivity contribution in [2.75, 3.05) is 5.32 Å². The number of amidine groups is 1. The number of amides is 2. The third kappa shape index (κ3) is 5.57. The summed E-state index contributed by atoms with van der Waals surface area (Å²) in [7, 11) is 0. The number of benzene rings is 3. The molecule has 1 N–H and O–H groups in total. The van der Waals surface area contributed by atoms with Gasteiger partial charge in [0.25, 0.3) is 5.91 Å². The molecule has 2 aliphatic heterocycles. The number of hydrazone groups is 1. The van der Waals surface area contributed by atoms with Gasteiger partial charge < -0.3 is 5.32 Å². The van der Waals surface area contributed by atoms with Crippen molar-refractivity contribution in [1.29, 1.82) is 0 Å². The quantitative estimate of drug-likeness (QED) is 0.426. The highest BCUT2D eigenvalue weighted by Crippen LogP contribution is 2.38. The molecule has 6 nitrogen and oxygen atoms in total. The van der Waals surface area contributed by atoms with Gasteiger partial charge in [-0.05, 0) is 60.0 Å². The van der Waals surface area contributed by atoms with Crippen molar-refractivity contribution in [2.45, 2.75) is 31.1 Å². The second-order valence-corrected chi connectivity index (χ2v) is 10.3. The number of hydrogen-bond donors (Lipinski definition) is 1. The predicted molar refractivity (Wildman–Crippen MR) is 142 cm³/mol. The minimum absolute atomic E-state index is 0.0778. The number of nitrogens with one attached hydrogen (secondary N) is 1. The maximum absolute atomic E-state index is 13.6. The Morgan fingerprint density at radius 3 is 2.43 bits per heavy atom. The van der Waals surface area contributed by atoms with E-state index >= 15 is 0 Å². The van der Waals surface area contributed by atoms with Gasteiger partial charge in [0.15, 0.2) is 5.17 Å². The molecule has 2 aliphatic rings. The van der Waals surface area contributed by atoms with Gasteiger partial charge in [-0.2, -0.15) is 10.1 Å². The zero-order valence-corrected chi connectivity index (χ0v) is 21.2. The molecule has 0 saturated carbocycles. The average Bonchev–Trinajstić information content (AvgIpc) is 3.46. The lowest BCUT2D eigenvalue weighted by Crippen LogP contribution is -2.25. The van der Waals surface area contributed by atoms with Crippen LogP contribution in [0, 0.1) is 18.6 Å². The van der Waals surface area contributed by atoms with E-state index < -0.39 is 11.2 Å². The van der Waals surface area contributed by atoms with Crippen molar-refractivity contribution >= 4 is 51.7 Å². The summed E-state index contributed by atoms with van der Waals surface area (Å²) < 4.78 is 27.0. The SMILES string of the molecule is Cc1ccc(NC(=O)C[C@@H]2SC(N3N=C(c4ccc(F)cc4)C[C@H]3c3ccc(F)cc3)=NC2=O)cc1Cl. The van der Waals surface area contributed by atoms with Gasteiger partial charge in [0.1, 0.15) is 16.9 Å². The molecule has 2 amide bonds. The molecule has 5 rings (SSSR count). The second kappa shape index (κ2) is 10.4. The lowest BCUT2D eigenvalue weighted by molar-refractivity contribution is -0.121. The summed E-state index contributed by atoms with van der Waals surface area (Å²) >= 11 is 7.29. The van der Waals surface area contributed by atoms with E-state index in [1.54, 1.807) is 47.5 Å². The number of carbonyl (C=O) groups is 2. The summed E-state index contributed by atoms with van der Waals surface area (Å²) in [5, 5.41) is 9.27. The minimum atomic E-state index is -0.713. The Labute approximate surface area is 221 Å². The van der Waals surface area contributed by atoms with Crippen molar-refractivity contribution < 1.29 is 18.4 Å². The molecule has 2 heterocycles. The number of nitrogens with zero attached hydrogens (tertiary/aromatic N) is 3. The van der Waals surface area contributed by atoms with Crippen LogP contribution in [0.4, 0.5) is 14.5 Å². The van der Waals surface area contributed by atoms with Crippen LogP contribution in [0.15, 0.2) is 76.8 Å². The fourth-order valence-electron chi connectivity index (χ4n) is 4.10. The fraction of sp³-hybridized carbons (Fsp3) is 0.185. The van der Waals surface area contributed by atoms with Gasteiger partial charge in [-0.3, -0.25) is 9.59 Å². The lowest BCUT2D eigenvalue weighted by atomic mass is 9.98. The molecular weight excluding hydrogens is 518 g/mol. The Hall–Kier alpha value is -3.56. The van der Waals surface area contributed by atoms with E-state index in [0.717, 1.165) is 28.5 Å². The van der Waals surface area contributed by atoms with Gasteiger partial charge in [0, 0.05) is 23.6 Å². The standard InChI is InChI=1S/C27H21ClF2N4O2S/c1-15-2-11-20(12-21(15)28)31-25(35)14-24-26(36)32-27(37-24)34-23(17-5-9-19(30)10-6-17)13-22(33-34)16-3-7-18(29)8-4-16/h2-12,23-24H,13-14H2,1H3,(H,31,35)/t23-,24-/m0/s1. The number of carbonyl (C=O) groups excluding carboxylic acids is 2. The molecule has 0 aromatic heterocycles. The van der Waals surface area contributed by atoms with Gasteiger partial charge in [-0.1, -0.05) is 53.7 Å². The first-order valence-corrected chi connectivity index (χ1v) is 12.8. The minimum Gasteiger partial charge on any atom is -0.326 e. The number of aryl methyl sites for hydroxylation is 1. The van der Waals surface area contributed by atoms with Crippen LogP contribution in [0.1, 0.15) is 35.6 Å². The summed E-state index contributed by atoms with van der Waals surface area (Å²) in [6, 6.07) is 16.9. The summed E-state index contributed by atoms with van der Waals surface area (Å²) in [5.74, 6) is -1.49. The van der Waals surface area contributed by atoms with Gasteiger partial charge in [0.2, 0.25) is 5.91 Å². The maximum atomic E-state index is 13.6. The summed E-state index contributed by atoms with van der Waals surface area (Å²) in [6.07, 6.45) is 0.371. The predicted octanol–water partition coefficient (Wildman–Crippen LogP) is 6.10. The van der Waals surface area contributed by atoms with E-state index in [1.807, 2.05) is 6.92 Å². The molecule has 3 aromatic rings. The number of aliphatic imine (C=N–C) groups is 1. The molecule has 0 bridgehead atoms. The van der Waals surface area contributed by atoms with Crippen molar-refractivity contribution in [3.63, 3.8) is 0 Å². The van der Waals surface area contributed by atoms with Gasteiger partial charge in [-0.25, -0.2) is 13.8 Å². The van der Waals surface area contributed by atoms with Crippen LogP contribution in [-0.4, -0.2) is 33.0 Å². The molecule has 0 aliphatic carbocycles. The molecule has 0 radical (unpaired) electrons. The number of thioether (sulfide) groups is 1. The van der Waals surface area contributed by atoms with E-state index in [9.17, 15) is 18.4 Å². The number of halogens is 3. The van der Waals surface area contributed by atoms with Crippen molar-refractivity contribution in [3.8, 4) is 0 Å². The second-order valence-electron chi connectivity index (χ2n) is 8.73. The molecule has 188 valence electrons. The third-order valence-corrected chi connectivity index (χ3v) is 7.64. The molecule has 37 heavy (non-hydrogen) atoms. The Balaban J connectivity index is 1.34. The first kappa shape index (κ1) is 25.1. The molecule has 0 unspecified atom stereocenters. The number of rotatable bonds is 5. The fourth-order valence-corrected chi connectivity index (χ4v) is 5.35. The van der Waals surface area contributed by atoms with Crippen LogP contribution in [-0.2, 0) is 9.59 Å². The first-order chi connectivity index (χ1) is 17.8. The highest BCUT2D eigenvalue weighted by molar-refractivity contribution is 8.15. The Kier molecular flexibility index (Phi) is 7.08. The Bertz CT molecular complexity index is 1430. The van der Waals surface area contributed by atoms with Crippen LogP contribution >= 0.6 is 23.4 Å². The number of hydrogen-bond acceptors (Lipinski definition) is 5. The average molecular weight is 539 g/mol. The maximum Gasteiger partial charge on any atom is 0.262 e. The molecule has 0 fully saturated rings. The number of anilines is 1. The van der Waals surface area contributed by atoms with E-state index in [4.69, 9.17) is 16.7 Å². The zero-order valence-electron chi connectivity index (χ0n) is 19.6. The van der Waals surface area contributed by atoms with Crippen LogP contribution < -0.4 is 5.32 Å². The van der Waals surface area contributed by atoms with E-state index in [0.29, 0.717) is 28.0 Å². The van der Waals surface area contributed by atoms with E-state index in [-0.39, 0.29) is 30.0 Å². The van der Waals surface area contributed by atoms with E-state index in [1.165, 1.54) is 24.3 Å². The van der Waals surface area contributed by atoms with Gasteiger partial charge in [-0.15, -0.1) is 0 Å². The smallest absolute Gasteiger partial charge is 0.262 e. The third-order valence-electron chi connectivity index (χ3n) is 6.09. The molecule has 2 atom stereocenters. The molecule has 10 heteroatoms. The van der Waals surface area contributed by atoms with E-state index in [2.05, 4.69) is 10.3 Å². The zero-order chi connectivity index (χ0) is 26.1. The van der Waals surface area contributed by atoms with Crippen LogP contribution in [0.3, 0.4) is 0 Å². The molecule has 0 spiro atoms. The Morgan fingerprint density at radius 2 is 1.76 bits per heavy atom. The first-order valence-electron chi connectivity index (χ1n) is 11.5. The lowest BCUT2D eigenvalue weighted by Gasteiger charge is -2.23. The molecular formula is C27H21ClF2N4O2S. The van der Waals surface area contributed by atoms with Crippen LogP contribution in [0.5, 0.6) is 0 Å². The Morgan fingerprint density at radius 1 is 1.08 bits per heavy atom. The molecule has 0 saturated heterocycles. The van der Waals surface area contributed by atoms with Gasteiger partial charge >= 0.3 is 0 Å². The summed E-state index contributed by atoms with van der Waals surface area (Å²) in [4.78, 5) is 29.6. The van der Waals surface area contributed by atoms with Crippen molar-refractivity contribution in [3.05, 3.63) is 100 Å². The normalized spacial score (nSPS) is 19.1. The highest BCUT2D eigenvalue weighted by atomic mass is 35.5. The van der Waals surface area contributed by atoms with Crippen molar-refractivity contribution in [1.82, 2.24) is 5.01 Å². The monoisotopic (exact) mass is 538 g/mol.